The first-order valence-corrected chi connectivity index (χ1v) is 6.20. The molecule has 17 heavy (non-hydrogen) atoms. The Morgan fingerprint density at radius 1 is 1.41 bits per heavy atom. The highest BCUT2D eigenvalue weighted by Crippen LogP contribution is 2.22. The van der Waals surface area contributed by atoms with Crippen molar-refractivity contribution < 1.29 is 17.9 Å². The number of ether oxygens (including phenoxy) is 1. The van der Waals surface area contributed by atoms with Gasteiger partial charge in [0.05, 0.1) is 12.7 Å². The second-order valence-electron chi connectivity index (χ2n) is 3.45. The van der Waals surface area contributed by atoms with Gasteiger partial charge in [-0.3, -0.25) is 0 Å². The summed E-state index contributed by atoms with van der Waals surface area (Å²) in [6.45, 7) is 0. The molecule has 0 saturated heterocycles. The molecule has 7 heteroatoms. The number of hydrogen-bond acceptors (Lipinski definition) is 4. The standard InChI is InChI=1S/C10H10N2O4S/c1-16-10(13)6-2-3-7-8(4-6)12-5-9(7)17(11,14)15/h2-5,12H,1H3,(H2,11,14,15). The largest absolute Gasteiger partial charge is 0.465 e. The van der Waals surface area contributed by atoms with E-state index in [0.717, 1.165) is 0 Å². The van der Waals surface area contributed by atoms with Crippen LogP contribution < -0.4 is 5.14 Å². The van der Waals surface area contributed by atoms with Gasteiger partial charge in [-0.2, -0.15) is 0 Å². The van der Waals surface area contributed by atoms with Gasteiger partial charge in [-0.25, -0.2) is 18.4 Å². The van der Waals surface area contributed by atoms with Crippen LogP contribution in [0.15, 0.2) is 29.3 Å². The topological polar surface area (TPSA) is 102 Å². The van der Waals surface area contributed by atoms with Crippen molar-refractivity contribution in [2.75, 3.05) is 7.11 Å². The van der Waals surface area contributed by atoms with Crippen molar-refractivity contribution in [2.24, 2.45) is 5.14 Å². The lowest BCUT2D eigenvalue weighted by atomic mass is 10.2. The minimum atomic E-state index is -3.77. The number of methoxy groups -OCH3 is 1. The zero-order valence-electron chi connectivity index (χ0n) is 8.93. The second kappa shape index (κ2) is 3.86. The Kier molecular flexibility index (Phi) is 2.64. The van der Waals surface area contributed by atoms with Crippen LogP contribution in [-0.2, 0) is 14.8 Å². The fourth-order valence-electron chi connectivity index (χ4n) is 1.58. The third kappa shape index (κ3) is 2.02. The van der Waals surface area contributed by atoms with Crippen LogP contribution in [0.1, 0.15) is 10.4 Å². The summed E-state index contributed by atoms with van der Waals surface area (Å²) in [5.74, 6) is -0.487. The number of esters is 1. The van der Waals surface area contributed by atoms with Crippen LogP contribution in [0.5, 0.6) is 0 Å². The summed E-state index contributed by atoms with van der Waals surface area (Å²) >= 11 is 0. The first-order chi connectivity index (χ1) is 7.93. The maximum Gasteiger partial charge on any atom is 0.337 e. The molecule has 1 aromatic carbocycles. The summed E-state index contributed by atoms with van der Waals surface area (Å²) in [7, 11) is -2.50. The second-order valence-corrected chi connectivity index (χ2v) is 4.98. The quantitative estimate of drug-likeness (QED) is 0.766. The highest BCUT2D eigenvalue weighted by Gasteiger charge is 2.15. The normalized spacial score (nSPS) is 11.6. The van der Waals surface area contributed by atoms with Gasteiger partial charge >= 0.3 is 5.97 Å². The fraction of sp³-hybridized carbons (Fsp3) is 0.100. The van der Waals surface area contributed by atoms with E-state index in [1.54, 1.807) is 0 Å². The molecular weight excluding hydrogens is 244 g/mol. The summed E-state index contributed by atoms with van der Waals surface area (Å²) in [6, 6.07) is 4.50. The Labute approximate surface area is 97.4 Å². The number of fused-ring (bicyclic) bond motifs is 1. The molecule has 6 nitrogen and oxygen atoms in total. The molecule has 2 aromatic rings. The summed E-state index contributed by atoms with van der Waals surface area (Å²) in [5, 5.41) is 5.50. The van der Waals surface area contributed by atoms with Crippen molar-refractivity contribution in [1.82, 2.24) is 4.98 Å². The SMILES string of the molecule is COC(=O)c1ccc2c(S(N)(=O)=O)c[nH]c2c1. The van der Waals surface area contributed by atoms with Crippen LogP contribution in [0.2, 0.25) is 0 Å². The number of rotatable bonds is 2. The number of benzene rings is 1. The molecule has 0 fully saturated rings. The van der Waals surface area contributed by atoms with Crippen molar-refractivity contribution in [1.29, 1.82) is 0 Å². The molecule has 0 aliphatic carbocycles. The van der Waals surface area contributed by atoms with Crippen molar-refractivity contribution in [3.63, 3.8) is 0 Å². The van der Waals surface area contributed by atoms with Crippen LogP contribution in [0.3, 0.4) is 0 Å². The molecule has 0 aliphatic heterocycles. The average molecular weight is 254 g/mol. The van der Waals surface area contributed by atoms with E-state index in [1.807, 2.05) is 0 Å². The minimum absolute atomic E-state index is 0.00363. The average Bonchev–Trinajstić information content (AvgIpc) is 2.70. The van der Waals surface area contributed by atoms with Gasteiger partial charge in [0.1, 0.15) is 4.90 Å². The Morgan fingerprint density at radius 3 is 2.71 bits per heavy atom. The monoisotopic (exact) mass is 254 g/mol. The number of carbonyl (C=O) groups excluding carboxylic acids is 1. The smallest absolute Gasteiger partial charge is 0.337 e. The van der Waals surface area contributed by atoms with Gasteiger partial charge in [-0.05, 0) is 12.1 Å². The van der Waals surface area contributed by atoms with E-state index in [-0.39, 0.29) is 4.90 Å². The number of carbonyl (C=O) groups is 1. The predicted octanol–water partition coefficient (Wildman–Crippen LogP) is 0.602. The molecule has 0 unspecified atom stereocenters. The number of aromatic amines is 1. The molecule has 0 bridgehead atoms. The van der Waals surface area contributed by atoms with Gasteiger partial charge in [0.2, 0.25) is 10.0 Å². The van der Waals surface area contributed by atoms with E-state index in [0.29, 0.717) is 16.5 Å². The number of hydrogen-bond donors (Lipinski definition) is 2. The van der Waals surface area contributed by atoms with Gasteiger partial charge < -0.3 is 9.72 Å². The van der Waals surface area contributed by atoms with Crippen molar-refractivity contribution in [3.8, 4) is 0 Å². The summed E-state index contributed by atoms with van der Waals surface area (Å²) in [4.78, 5) is 14.0. The Morgan fingerprint density at radius 2 is 2.12 bits per heavy atom. The summed E-state index contributed by atoms with van der Waals surface area (Å²) in [6.07, 6.45) is 1.29. The van der Waals surface area contributed by atoms with Crippen molar-refractivity contribution in [3.05, 3.63) is 30.0 Å². The van der Waals surface area contributed by atoms with Crippen LogP contribution in [0, 0.1) is 0 Å². The molecular formula is C10H10N2O4S. The molecule has 0 amide bonds. The molecule has 0 spiro atoms. The molecule has 0 radical (unpaired) electrons. The van der Waals surface area contributed by atoms with Crippen molar-refractivity contribution >= 4 is 26.9 Å². The van der Waals surface area contributed by atoms with Crippen molar-refractivity contribution in [2.45, 2.75) is 4.90 Å². The molecule has 1 heterocycles. The van der Waals surface area contributed by atoms with Crippen LogP contribution in [-0.4, -0.2) is 26.5 Å². The number of primary sulfonamides is 1. The number of sulfonamides is 1. The fourth-order valence-corrected chi connectivity index (χ4v) is 2.29. The van der Waals surface area contributed by atoms with E-state index in [1.165, 1.54) is 31.5 Å². The highest BCUT2D eigenvalue weighted by atomic mass is 32.2. The number of aromatic nitrogens is 1. The molecule has 3 N–H and O–H groups in total. The molecule has 1 aromatic heterocycles. The van der Waals surface area contributed by atoms with Crippen LogP contribution >= 0.6 is 0 Å². The van der Waals surface area contributed by atoms with Gasteiger partial charge in [-0.1, -0.05) is 6.07 Å². The lowest BCUT2D eigenvalue weighted by Crippen LogP contribution is -2.11. The molecule has 2 rings (SSSR count). The Bertz CT molecular complexity index is 687. The van der Waals surface area contributed by atoms with Crippen LogP contribution in [0.25, 0.3) is 10.9 Å². The van der Waals surface area contributed by atoms with Gasteiger partial charge in [0, 0.05) is 17.1 Å². The maximum absolute atomic E-state index is 11.3. The number of nitrogens with one attached hydrogen (secondary N) is 1. The molecule has 0 saturated carbocycles. The molecule has 0 aliphatic rings. The summed E-state index contributed by atoms with van der Waals surface area (Å²) in [5.41, 5.74) is 0.847. The molecule has 0 atom stereocenters. The Balaban J connectivity index is 2.64. The third-order valence-corrected chi connectivity index (χ3v) is 3.32. The minimum Gasteiger partial charge on any atom is -0.465 e. The van der Waals surface area contributed by atoms with Crippen LogP contribution in [0.4, 0.5) is 0 Å². The van der Waals surface area contributed by atoms with Gasteiger partial charge in [0.25, 0.3) is 0 Å². The maximum atomic E-state index is 11.3. The summed E-state index contributed by atoms with van der Waals surface area (Å²) < 4.78 is 27.1. The zero-order valence-corrected chi connectivity index (χ0v) is 9.74. The Hall–Kier alpha value is -1.86. The highest BCUT2D eigenvalue weighted by molar-refractivity contribution is 7.89. The van der Waals surface area contributed by atoms with E-state index in [4.69, 9.17) is 5.14 Å². The molecule has 90 valence electrons. The van der Waals surface area contributed by atoms with E-state index in [2.05, 4.69) is 9.72 Å². The first-order valence-electron chi connectivity index (χ1n) is 4.66. The zero-order chi connectivity index (χ0) is 12.6. The number of H-pyrrole nitrogens is 1. The van der Waals surface area contributed by atoms with E-state index in [9.17, 15) is 13.2 Å². The first kappa shape index (κ1) is 11.6. The van der Waals surface area contributed by atoms with E-state index < -0.39 is 16.0 Å². The number of nitrogens with two attached hydrogens (primary N) is 1. The van der Waals surface area contributed by atoms with E-state index >= 15 is 0 Å². The third-order valence-electron chi connectivity index (χ3n) is 2.37. The van der Waals surface area contributed by atoms with Gasteiger partial charge in [0.15, 0.2) is 0 Å². The lowest BCUT2D eigenvalue weighted by molar-refractivity contribution is 0.0601. The lowest BCUT2D eigenvalue weighted by Gasteiger charge is -1.99. The van der Waals surface area contributed by atoms with Gasteiger partial charge in [-0.15, -0.1) is 0 Å². The predicted molar refractivity (Wildman–Crippen MR) is 61.0 cm³/mol.